The van der Waals surface area contributed by atoms with Gasteiger partial charge in [-0.05, 0) is 128 Å². The quantitative estimate of drug-likeness (QED) is 0.122. The Morgan fingerprint density at radius 3 is 0.787 bits per heavy atom. The maximum Gasteiger partial charge on any atom is 0.143 e. The lowest BCUT2D eigenvalue weighted by molar-refractivity contribution is 0.671. The number of hydrogen-bond acceptors (Lipinski definition) is 3. The fraction of sp³-hybridized carbons (Fsp3) is 0. The molecule has 75 heavy (non-hydrogen) atoms. The molecule has 0 radical (unpaired) electrons. The van der Waals surface area contributed by atoms with E-state index in [9.17, 15) is 0 Å². The highest BCUT2D eigenvalue weighted by atomic mass is 16.3. The zero-order chi connectivity index (χ0) is 49.9. The van der Waals surface area contributed by atoms with Crippen molar-refractivity contribution in [3.05, 3.63) is 303 Å². The molecule has 354 valence electrons. The molecule has 0 amide bonds. The van der Waals surface area contributed by atoms with Crippen molar-refractivity contribution in [3.8, 4) is 66.8 Å². The zero-order valence-electron chi connectivity index (χ0n) is 41.2. The fourth-order valence-corrected chi connectivity index (χ4v) is 10.5. The lowest BCUT2D eigenvalue weighted by atomic mass is 9.99. The van der Waals surface area contributed by atoms with E-state index in [-0.39, 0.29) is 0 Å². The molecule has 12 aromatic carbocycles. The highest BCUT2D eigenvalue weighted by Crippen LogP contribution is 2.44. The Labute approximate surface area is 438 Å². The van der Waals surface area contributed by atoms with Gasteiger partial charge < -0.3 is 14.2 Å². The van der Waals surface area contributed by atoms with E-state index in [1.54, 1.807) is 0 Å². The average Bonchev–Trinajstić information content (AvgIpc) is 3.91. The van der Waals surface area contributed by atoms with Gasteiger partial charge in [0.15, 0.2) is 0 Å². The van der Waals surface area contributed by atoms with Gasteiger partial charge >= 0.3 is 0 Å². The van der Waals surface area contributed by atoms with Crippen molar-refractivity contribution in [2.45, 2.75) is 0 Å². The molecule has 13 aromatic rings. The Balaban J connectivity index is 0.846. The van der Waals surface area contributed by atoms with Crippen LogP contribution in [0.1, 0.15) is 0 Å². The highest BCUT2D eigenvalue weighted by Gasteiger charge is 2.20. The van der Waals surface area contributed by atoms with E-state index in [0.29, 0.717) is 0 Å². The Hall–Kier alpha value is -9.96. The molecule has 3 nitrogen and oxygen atoms in total. The second-order valence-electron chi connectivity index (χ2n) is 18.9. The fourth-order valence-electron chi connectivity index (χ4n) is 10.5. The minimum atomic E-state index is 0.872. The summed E-state index contributed by atoms with van der Waals surface area (Å²) < 4.78 is 7.04. The van der Waals surface area contributed by atoms with Gasteiger partial charge in [-0.2, -0.15) is 0 Å². The summed E-state index contributed by atoms with van der Waals surface area (Å²) in [5.41, 5.74) is 21.9. The van der Waals surface area contributed by atoms with Crippen LogP contribution in [-0.4, -0.2) is 0 Å². The molecule has 0 saturated carbocycles. The van der Waals surface area contributed by atoms with Crippen LogP contribution in [-0.2, 0) is 0 Å². The predicted molar refractivity (Wildman–Crippen MR) is 316 cm³/mol. The van der Waals surface area contributed by atoms with Crippen LogP contribution in [0.25, 0.3) is 88.7 Å². The van der Waals surface area contributed by atoms with Crippen molar-refractivity contribution in [3.63, 3.8) is 0 Å². The van der Waals surface area contributed by atoms with Crippen LogP contribution >= 0.6 is 0 Å². The molecule has 0 atom stereocenters. The molecule has 0 spiro atoms. The maximum atomic E-state index is 7.04. The Kier molecular flexibility index (Phi) is 11.9. The van der Waals surface area contributed by atoms with Crippen LogP contribution in [0.15, 0.2) is 308 Å². The molecule has 0 aliphatic heterocycles. The van der Waals surface area contributed by atoms with Gasteiger partial charge in [0.1, 0.15) is 11.2 Å². The van der Waals surface area contributed by atoms with Gasteiger partial charge in [0.05, 0.1) is 0 Å². The summed E-state index contributed by atoms with van der Waals surface area (Å²) >= 11 is 0. The number of nitrogens with zero attached hydrogens (tertiary/aromatic N) is 2. The minimum absolute atomic E-state index is 0.872. The van der Waals surface area contributed by atoms with Crippen LogP contribution in [0.3, 0.4) is 0 Å². The largest absolute Gasteiger partial charge is 0.455 e. The monoisotopic (exact) mass is 958 g/mol. The van der Waals surface area contributed by atoms with Crippen molar-refractivity contribution in [1.82, 2.24) is 0 Å². The van der Waals surface area contributed by atoms with E-state index in [1.165, 1.54) is 44.5 Å². The lowest BCUT2D eigenvalue weighted by Gasteiger charge is -2.26. The number of para-hydroxylation sites is 2. The van der Waals surface area contributed by atoms with Crippen LogP contribution in [0.2, 0.25) is 0 Å². The first kappa shape index (κ1) is 44.9. The van der Waals surface area contributed by atoms with Crippen LogP contribution < -0.4 is 9.80 Å². The molecule has 0 aliphatic rings. The first-order valence-corrected chi connectivity index (χ1v) is 25.6. The van der Waals surface area contributed by atoms with Crippen molar-refractivity contribution >= 4 is 56.1 Å². The summed E-state index contributed by atoms with van der Waals surface area (Å²) in [4.78, 5) is 4.68. The third-order valence-electron chi connectivity index (χ3n) is 14.3. The summed E-state index contributed by atoms with van der Waals surface area (Å²) in [5, 5.41) is 2.18. The molecular weight excluding hydrogens is 909 g/mol. The number of benzene rings is 12. The van der Waals surface area contributed by atoms with E-state index >= 15 is 0 Å². The minimum Gasteiger partial charge on any atom is -0.455 e. The van der Waals surface area contributed by atoms with E-state index < -0.39 is 0 Å². The molecule has 1 heterocycles. The van der Waals surface area contributed by atoms with Gasteiger partial charge in [0.25, 0.3) is 0 Å². The highest BCUT2D eigenvalue weighted by molar-refractivity contribution is 6.13. The van der Waals surface area contributed by atoms with Crippen molar-refractivity contribution in [2.24, 2.45) is 0 Å². The second kappa shape index (κ2) is 19.9. The predicted octanol–water partition coefficient (Wildman–Crippen LogP) is 20.5. The second-order valence-corrected chi connectivity index (χ2v) is 18.9. The summed E-state index contributed by atoms with van der Waals surface area (Å²) in [6.07, 6.45) is 0. The topological polar surface area (TPSA) is 19.6 Å². The van der Waals surface area contributed by atoms with Gasteiger partial charge in [-0.25, -0.2) is 0 Å². The van der Waals surface area contributed by atoms with E-state index in [0.717, 1.165) is 78.3 Å². The molecule has 0 unspecified atom stereocenters. The van der Waals surface area contributed by atoms with Crippen LogP contribution in [0, 0.1) is 0 Å². The number of furan rings is 1. The molecular formula is C72H50N2O. The van der Waals surface area contributed by atoms with Gasteiger partial charge in [-0.1, -0.05) is 231 Å². The third-order valence-corrected chi connectivity index (χ3v) is 14.3. The van der Waals surface area contributed by atoms with Gasteiger partial charge in [-0.3, -0.25) is 0 Å². The van der Waals surface area contributed by atoms with Crippen molar-refractivity contribution < 1.29 is 4.42 Å². The number of rotatable bonds is 12. The molecule has 3 heteroatoms. The summed E-state index contributed by atoms with van der Waals surface area (Å²) in [5.74, 6) is 0. The molecule has 0 aliphatic carbocycles. The first-order valence-electron chi connectivity index (χ1n) is 25.6. The molecule has 1 aromatic heterocycles. The summed E-state index contributed by atoms with van der Waals surface area (Å²) in [6, 6.07) is 108. The number of anilines is 6. The SMILES string of the molecule is c1ccc(-c2ccc(N(c3ccc(-c4cccc5c4oc4c(-c6ccc(N(c7ccc(-c8ccccc8)cc7)c7cccc(-c8ccccc8)c7)cc6)cccc45)cc3)c3cccc(-c4ccccc4)c3)cc2)cc1. The Morgan fingerprint density at radius 1 is 0.187 bits per heavy atom. The van der Waals surface area contributed by atoms with Crippen LogP contribution in [0.5, 0.6) is 0 Å². The summed E-state index contributed by atoms with van der Waals surface area (Å²) in [6.45, 7) is 0. The molecule has 0 saturated heterocycles. The van der Waals surface area contributed by atoms with Crippen molar-refractivity contribution in [1.29, 1.82) is 0 Å². The first-order chi connectivity index (χ1) is 37.2. The van der Waals surface area contributed by atoms with Gasteiger partial charge in [-0.15, -0.1) is 0 Å². The van der Waals surface area contributed by atoms with Crippen molar-refractivity contribution in [2.75, 3.05) is 9.80 Å². The molecule has 13 rings (SSSR count). The summed E-state index contributed by atoms with van der Waals surface area (Å²) in [7, 11) is 0. The Bertz CT molecular complexity index is 3790. The van der Waals surface area contributed by atoms with Gasteiger partial charge in [0.2, 0.25) is 0 Å². The maximum absolute atomic E-state index is 7.04. The van der Waals surface area contributed by atoms with E-state index in [1.807, 2.05) is 0 Å². The lowest BCUT2D eigenvalue weighted by Crippen LogP contribution is -2.10. The third kappa shape index (κ3) is 8.94. The number of fused-ring (bicyclic) bond motifs is 3. The zero-order valence-corrected chi connectivity index (χ0v) is 41.2. The molecule has 0 bridgehead atoms. The van der Waals surface area contributed by atoms with Crippen LogP contribution in [0.4, 0.5) is 34.1 Å². The standard InChI is InChI=1S/C72H50N2O/c1-5-17-51(18-6-1)55-33-41-61(42-34-55)73(65-27-13-25-59(49-65)53-21-9-3-10-22-53)63-45-37-57(38-46-63)67-29-15-31-69-70-32-16-30-68(72(70)75-71(67)69)58-39-47-64(48-40-58)74(62-43-35-56(36-44-62)52-19-7-2-8-20-52)66-28-14-26-60(50-66)54-23-11-4-12-24-54/h1-50H. The van der Waals surface area contributed by atoms with E-state index in [4.69, 9.17) is 4.42 Å². The Morgan fingerprint density at radius 2 is 0.453 bits per heavy atom. The smallest absolute Gasteiger partial charge is 0.143 e. The number of hydrogen-bond donors (Lipinski definition) is 0. The average molecular weight is 959 g/mol. The van der Waals surface area contributed by atoms with E-state index in [2.05, 4.69) is 313 Å². The molecule has 0 N–H and O–H groups in total. The normalized spacial score (nSPS) is 11.2. The van der Waals surface area contributed by atoms with Gasteiger partial charge in [0, 0.05) is 56.0 Å². The molecule has 0 fully saturated rings.